The number of hydrogen-bond acceptors (Lipinski definition) is 4. The van der Waals surface area contributed by atoms with E-state index in [1.165, 1.54) is 11.3 Å². The molecule has 0 spiro atoms. The Hall–Kier alpha value is -2.45. The van der Waals surface area contributed by atoms with Crippen LogP contribution in [-0.4, -0.2) is 18.7 Å². The maximum absolute atomic E-state index is 12.5. The van der Waals surface area contributed by atoms with Gasteiger partial charge in [0.1, 0.15) is 16.8 Å². The number of fused-ring (bicyclic) bond motifs is 2. The summed E-state index contributed by atoms with van der Waals surface area (Å²) >= 11 is 1.57. The van der Waals surface area contributed by atoms with E-state index in [2.05, 4.69) is 11.1 Å². The molecule has 0 radical (unpaired) electrons. The van der Waals surface area contributed by atoms with E-state index >= 15 is 0 Å². The molecule has 1 aromatic heterocycles. The van der Waals surface area contributed by atoms with Gasteiger partial charge in [0, 0.05) is 17.5 Å². The van der Waals surface area contributed by atoms with Crippen LogP contribution in [0.2, 0.25) is 0 Å². The molecule has 2 heterocycles. The fourth-order valence-corrected chi connectivity index (χ4v) is 4.52. The summed E-state index contributed by atoms with van der Waals surface area (Å²) in [6, 6.07) is 9.96. The summed E-state index contributed by atoms with van der Waals surface area (Å²) in [5, 5.41) is 10.2. The number of nitriles is 1. The molecule has 4 rings (SSSR count). The van der Waals surface area contributed by atoms with Gasteiger partial charge in [0.15, 0.2) is 0 Å². The highest BCUT2D eigenvalue weighted by Crippen LogP contribution is 2.40. The first-order valence-corrected chi connectivity index (χ1v) is 8.53. The smallest absolute Gasteiger partial charge is 0.277 e. The number of aryl methyl sites for hydroxylation is 1. The van der Waals surface area contributed by atoms with Crippen LogP contribution in [0.3, 0.4) is 0 Å². The van der Waals surface area contributed by atoms with Gasteiger partial charge in [0.25, 0.3) is 5.91 Å². The Labute approximate surface area is 138 Å². The number of para-hydroxylation sites is 1. The zero-order valence-electron chi connectivity index (χ0n) is 12.8. The van der Waals surface area contributed by atoms with Crippen molar-refractivity contribution in [1.82, 2.24) is 0 Å². The van der Waals surface area contributed by atoms with E-state index in [1.54, 1.807) is 23.3 Å². The molecular weight excluding hydrogens is 306 g/mol. The summed E-state index contributed by atoms with van der Waals surface area (Å²) in [5.41, 5.74) is 3.97. The van der Waals surface area contributed by atoms with E-state index in [-0.39, 0.29) is 5.91 Å². The summed E-state index contributed by atoms with van der Waals surface area (Å²) in [6.45, 7) is 0. The number of carbonyl (C=O) groups is 1. The molecule has 0 saturated carbocycles. The van der Waals surface area contributed by atoms with Gasteiger partial charge in [-0.05, 0) is 37.3 Å². The second-order valence-corrected chi connectivity index (χ2v) is 6.93. The van der Waals surface area contributed by atoms with Crippen molar-refractivity contribution in [3.63, 3.8) is 0 Å². The summed E-state index contributed by atoms with van der Waals surface area (Å²) < 4.78 is 0. The number of aliphatic imine (C=N–C) groups is 1. The first kappa shape index (κ1) is 14.2. The minimum atomic E-state index is -0.110. The number of rotatable bonds is 1. The molecule has 23 heavy (non-hydrogen) atoms. The van der Waals surface area contributed by atoms with Crippen molar-refractivity contribution >= 4 is 33.6 Å². The van der Waals surface area contributed by atoms with Gasteiger partial charge in [-0.3, -0.25) is 4.79 Å². The lowest BCUT2D eigenvalue weighted by Crippen LogP contribution is -2.25. The van der Waals surface area contributed by atoms with Crippen molar-refractivity contribution in [1.29, 1.82) is 5.26 Å². The number of amides is 1. The number of anilines is 1. The van der Waals surface area contributed by atoms with Gasteiger partial charge < -0.3 is 4.90 Å². The number of thiophene rings is 1. The average molecular weight is 321 g/mol. The standard InChI is InChI=1S/C18H15N3OS/c1-21-14-8-4-2-7-12(14)16(18(21)22)20-17-13(10-19)11-6-3-5-9-15(11)23-17/h2,4,7-8H,3,5-6,9H2,1H3. The second-order valence-electron chi connectivity index (χ2n) is 5.84. The molecule has 0 fully saturated rings. The average Bonchev–Trinajstić information content (AvgIpc) is 3.06. The fraction of sp³-hybridized carbons (Fsp3) is 0.278. The van der Waals surface area contributed by atoms with Gasteiger partial charge in [0.05, 0.1) is 11.3 Å². The molecule has 1 aromatic carbocycles. The van der Waals surface area contributed by atoms with Gasteiger partial charge in [0.2, 0.25) is 0 Å². The van der Waals surface area contributed by atoms with E-state index in [9.17, 15) is 10.1 Å². The van der Waals surface area contributed by atoms with Crippen molar-refractivity contribution in [2.45, 2.75) is 25.7 Å². The quantitative estimate of drug-likeness (QED) is 0.806. The minimum absolute atomic E-state index is 0.110. The lowest BCUT2D eigenvalue weighted by Gasteiger charge is -2.09. The Morgan fingerprint density at radius 2 is 2.04 bits per heavy atom. The van der Waals surface area contributed by atoms with E-state index in [1.807, 2.05) is 24.3 Å². The van der Waals surface area contributed by atoms with Crippen molar-refractivity contribution in [3.8, 4) is 6.07 Å². The molecule has 1 amide bonds. The molecule has 1 aliphatic carbocycles. The van der Waals surface area contributed by atoms with Crippen molar-refractivity contribution in [2.24, 2.45) is 4.99 Å². The number of likely N-dealkylation sites (N-methyl/N-ethyl adjacent to an activating group) is 1. The van der Waals surface area contributed by atoms with Crippen LogP contribution in [0.5, 0.6) is 0 Å². The highest BCUT2D eigenvalue weighted by molar-refractivity contribution is 7.16. The van der Waals surface area contributed by atoms with Crippen LogP contribution in [0.1, 0.15) is 34.4 Å². The lowest BCUT2D eigenvalue weighted by molar-refractivity contribution is -0.111. The molecule has 0 saturated heterocycles. The molecule has 5 heteroatoms. The third-order valence-corrected chi connectivity index (χ3v) is 5.69. The normalized spacial score (nSPS) is 18.0. The Kier molecular flexibility index (Phi) is 3.28. The topological polar surface area (TPSA) is 56.5 Å². The zero-order chi connectivity index (χ0) is 16.0. The maximum atomic E-state index is 12.5. The molecule has 1 aliphatic heterocycles. The number of benzene rings is 1. The van der Waals surface area contributed by atoms with E-state index in [0.717, 1.165) is 36.1 Å². The Morgan fingerprint density at radius 3 is 2.87 bits per heavy atom. The SMILES string of the molecule is CN1C(=O)C(=Nc2sc3c(c2C#N)CCCC3)c2ccccc21. The number of hydrogen-bond donors (Lipinski definition) is 0. The van der Waals surface area contributed by atoms with Gasteiger partial charge in [-0.2, -0.15) is 5.26 Å². The van der Waals surface area contributed by atoms with Crippen LogP contribution in [0, 0.1) is 11.3 Å². The summed E-state index contributed by atoms with van der Waals surface area (Å²) in [6.07, 6.45) is 4.26. The van der Waals surface area contributed by atoms with Gasteiger partial charge >= 0.3 is 0 Å². The second kappa shape index (κ2) is 5.32. The zero-order valence-corrected chi connectivity index (χ0v) is 13.6. The Morgan fingerprint density at radius 1 is 1.26 bits per heavy atom. The van der Waals surface area contributed by atoms with Crippen molar-refractivity contribution < 1.29 is 4.79 Å². The van der Waals surface area contributed by atoms with E-state index in [0.29, 0.717) is 16.3 Å². The van der Waals surface area contributed by atoms with Crippen LogP contribution >= 0.6 is 11.3 Å². The van der Waals surface area contributed by atoms with E-state index in [4.69, 9.17) is 0 Å². The van der Waals surface area contributed by atoms with Gasteiger partial charge in [-0.1, -0.05) is 18.2 Å². The minimum Gasteiger partial charge on any atom is -0.309 e. The molecule has 2 aromatic rings. The lowest BCUT2D eigenvalue weighted by atomic mass is 9.96. The molecule has 0 N–H and O–H groups in total. The molecular formula is C18H15N3OS. The first-order chi connectivity index (χ1) is 11.2. The third-order valence-electron chi connectivity index (χ3n) is 4.51. The van der Waals surface area contributed by atoms with Gasteiger partial charge in [-0.25, -0.2) is 4.99 Å². The monoisotopic (exact) mass is 321 g/mol. The summed E-state index contributed by atoms with van der Waals surface area (Å²) in [4.78, 5) is 20.0. The van der Waals surface area contributed by atoms with Crippen LogP contribution in [0.4, 0.5) is 10.7 Å². The van der Waals surface area contributed by atoms with E-state index < -0.39 is 0 Å². The highest BCUT2D eigenvalue weighted by atomic mass is 32.1. The first-order valence-electron chi connectivity index (χ1n) is 7.71. The van der Waals surface area contributed by atoms with Crippen LogP contribution in [-0.2, 0) is 17.6 Å². The molecule has 2 aliphatic rings. The van der Waals surface area contributed by atoms with Crippen LogP contribution < -0.4 is 4.90 Å². The van der Waals surface area contributed by atoms with Crippen LogP contribution in [0.25, 0.3) is 0 Å². The summed E-state index contributed by atoms with van der Waals surface area (Å²) in [7, 11) is 1.76. The molecule has 0 bridgehead atoms. The highest BCUT2D eigenvalue weighted by Gasteiger charge is 2.32. The Bertz CT molecular complexity index is 888. The number of carbonyl (C=O) groups excluding carboxylic acids is 1. The molecule has 4 nitrogen and oxygen atoms in total. The number of nitrogens with zero attached hydrogens (tertiary/aromatic N) is 3. The molecule has 0 unspecified atom stereocenters. The maximum Gasteiger partial charge on any atom is 0.277 e. The molecule has 114 valence electrons. The Balaban J connectivity index is 1.87. The van der Waals surface area contributed by atoms with Gasteiger partial charge in [-0.15, -0.1) is 11.3 Å². The fourth-order valence-electron chi connectivity index (χ4n) is 3.30. The predicted octanol–water partition coefficient (Wildman–Crippen LogP) is 3.60. The summed E-state index contributed by atoms with van der Waals surface area (Å²) in [5.74, 6) is -0.110. The predicted molar refractivity (Wildman–Crippen MR) is 91.7 cm³/mol. The third kappa shape index (κ3) is 2.10. The molecule has 0 atom stereocenters. The largest absolute Gasteiger partial charge is 0.309 e. The van der Waals surface area contributed by atoms with Crippen molar-refractivity contribution in [3.05, 3.63) is 45.8 Å². The van der Waals surface area contributed by atoms with Crippen LogP contribution in [0.15, 0.2) is 29.3 Å². The van der Waals surface area contributed by atoms with Crippen molar-refractivity contribution in [2.75, 3.05) is 11.9 Å².